The lowest BCUT2D eigenvalue weighted by molar-refractivity contribution is 0.0697. The van der Waals surface area contributed by atoms with Crippen molar-refractivity contribution in [3.63, 3.8) is 0 Å². The third kappa shape index (κ3) is 3.20. The SMILES string of the molecule is CCc1ccc(C(C)Nc2cc(C(=O)O)ccc2C)s1. The van der Waals surface area contributed by atoms with Crippen molar-refractivity contribution in [3.05, 3.63) is 51.2 Å². The summed E-state index contributed by atoms with van der Waals surface area (Å²) in [4.78, 5) is 13.7. The maximum absolute atomic E-state index is 11.0. The summed E-state index contributed by atoms with van der Waals surface area (Å²) in [5.41, 5.74) is 2.24. The largest absolute Gasteiger partial charge is 0.478 e. The summed E-state index contributed by atoms with van der Waals surface area (Å²) in [6, 6.07) is 9.62. The summed E-state index contributed by atoms with van der Waals surface area (Å²) < 4.78 is 0. The van der Waals surface area contributed by atoms with Gasteiger partial charge in [0.1, 0.15) is 0 Å². The van der Waals surface area contributed by atoms with Crippen LogP contribution in [0.15, 0.2) is 30.3 Å². The molecule has 1 heterocycles. The van der Waals surface area contributed by atoms with Crippen molar-refractivity contribution < 1.29 is 9.90 Å². The Kier molecular flexibility index (Phi) is 4.45. The van der Waals surface area contributed by atoms with Crippen LogP contribution in [0.3, 0.4) is 0 Å². The fourth-order valence-corrected chi connectivity index (χ4v) is 2.99. The van der Waals surface area contributed by atoms with Crippen LogP contribution in [0.25, 0.3) is 0 Å². The minimum atomic E-state index is -0.898. The monoisotopic (exact) mass is 289 g/mol. The Hall–Kier alpha value is -1.81. The predicted octanol–water partition coefficient (Wildman–Crippen LogP) is 4.49. The van der Waals surface area contributed by atoms with Gasteiger partial charge in [-0.05, 0) is 50.1 Å². The normalized spacial score (nSPS) is 12.2. The van der Waals surface area contributed by atoms with Gasteiger partial charge in [-0.3, -0.25) is 0 Å². The molecule has 106 valence electrons. The molecule has 0 aliphatic rings. The maximum Gasteiger partial charge on any atom is 0.335 e. The van der Waals surface area contributed by atoms with Gasteiger partial charge in [-0.2, -0.15) is 0 Å². The van der Waals surface area contributed by atoms with Gasteiger partial charge >= 0.3 is 5.97 Å². The molecule has 0 aliphatic carbocycles. The number of hydrogen-bond acceptors (Lipinski definition) is 3. The molecule has 2 aromatic rings. The van der Waals surface area contributed by atoms with E-state index in [0.717, 1.165) is 17.7 Å². The molecule has 1 unspecified atom stereocenters. The first kappa shape index (κ1) is 14.6. The Bertz CT molecular complexity index is 619. The van der Waals surface area contributed by atoms with E-state index in [1.54, 1.807) is 23.5 Å². The van der Waals surface area contributed by atoms with E-state index in [4.69, 9.17) is 5.11 Å². The molecule has 0 radical (unpaired) electrons. The summed E-state index contributed by atoms with van der Waals surface area (Å²) in [6.45, 7) is 6.22. The molecule has 0 spiro atoms. The van der Waals surface area contributed by atoms with Gasteiger partial charge in [0, 0.05) is 15.4 Å². The molecule has 0 saturated carbocycles. The minimum absolute atomic E-state index is 0.169. The molecule has 0 saturated heterocycles. The van der Waals surface area contributed by atoms with Crippen LogP contribution in [0, 0.1) is 6.92 Å². The minimum Gasteiger partial charge on any atom is -0.478 e. The Morgan fingerprint density at radius 2 is 2.10 bits per heavy atom. The fraction of sp³-hybridized carbons (Fsp3) is 0.312. The number of rotatable bonds is 5. The van der Waals surface area contributed by atoms with E-state index < -0.39 is 5.97 Å². The molecule has 0 aliphatic heterocycles. The smallest absolute Gasteiger partial charge is 0.335 e. The van der Waals surface area contributed by atoms with E-state index >= 15 is 0 Å². The van der Waals surface area contributed by atoms with Gasteiger partial charge in [0.25, 0.3) is 0 Å². The van der Waals surface area contributed by atoms with E-state index in [0.29, 0.717) is 5.56 Å². The van der Waals surface area contributed by atoms with E-state index in [-0.39, 0.29) is 6.04 Å². The molecule has 0 amide bonds. The summed E-state index contributed by atoms with van der Waals surface area (Å²) in [5, 5.41) is 12.5. The maximum atomic E-state index is 11.0. The first-order chi connectivity index (χ1) is 9.51. The second kappa shape index (κ2) is 6.09. The average molecular weight is 289 g/mol. The third-order valence-electron chi connectivity index (χ3n) is 3.31. The first-order valence-electron chi connectivity index (χ1n) is 6.70. The van der Waals surface area contributed by atoms with Crippen LogP contribution < -0.4 is 5.32 Å². The van der Waals surface area contributed by atoms with Gasteiger partial charge in [0.05, 0.1) is 11.6 Å². The molecule has 0 fully saturated rings. The highest BCUT2D eigenvalue weighted by Gasteiger charge is 2.11. The predicted molar refractivity (Wildman–Crippen MR) is 83.9 cm³/mol. The van der Waals surface area contributed by atoms with Crippen LogP contribution in [0.2, 0.25) is 0 Å². The molecule has 2 N–H and O–H groups in total. The molecule has 0 bridgehead atoms. The third-order valence-corrected chi connectivity index (χ3v) is 4.73. The average Bonchev–Trinajstić information content (AvgIpc) is 2.89. The lowest BCUT2D eigenvalue weighted by Crippen LogP contribution is -2.07. The van der Waals surface area contributed by atoms with Crippen molar-refractivity contribution in [1.29, 1.82) is 0 Å². The zero-order valence-corrected chi connectivity index (χ0v) is 12.8. The number of anilines is 1. The second-order valence-electron chi connectivity index (χ2n) is 4.86. The summed E-state index contributed by atoms with van der Waals surface area (Å²) in [5.74, 6) is -0.898. The van der Waals surface area contributed by atoms with Crippen molar-refractivity contribution in [2.45, 2.75) is 33.2 Å². The van der Waals surface area contributed by atoms with Gasteiger partial charge in [-0.15, -0.1) is 11.3 Å². The molecular formula is C16H19NO2S. The Morgan fingerprint density at radius 1 is 1.35 bits per heavy atom. The summed E-state index contributed by atoms with van der Waals surface area (Å²) in [7, 11) is 0. The molecular weight excluding hydrogens is 270 g/mol. The highest BCUT2D eigenvalue weighted by atomic mass is 32.1. The molecule has 2 rings (SSSR count). The molecule has 20 heavy (non-hydrogen) atoms. The van der Waals surface area contributed by atoms with Gasteiger partial charge in [0.2, 0.25) is 0 Å². The topological polar surface area (TPSA) is 49.3 Å². The van der Waals surface area contributed by atoms with Crippen molar-refractivity contribution in [1.82, 2.24) is 0 Å². The number of nitrogens with one attached hydrogen (secondary N) is 1. The Morgan fingerprint density at radius 3 is 2.70 bits per heavy atom. The number of benzene rings is 1. The van der Waals surface area contributed by atoms with E-state index in [9.17, 15) is 4.79 Å². The highest BCUT2D eigenvalue weighted by Crippen LogP contribution is 2.28. The van der Waals surface area contributed by atoms with Crippen molar-refractivity contribution in [2.24, 2.45) is 0 Å². The molecule has 1 aromatic carbocycles. The van der Waals surface area contributed by atoms with Crippen molar-refractivity contribution >= 4 is 23.0 Å². The van der Waals surface area contributed by atoms with Crippen LogP contribution in [0.1, 0.15) is 45.6 Å². The van der Waals surface area contributed by atoms with E-state index in [2.05, 4.69) is 31.3 Å². The van der Waals surface area contributed by atoms with Crippen molar-refractivity contribution in [2.75, 3.05) is 5.32 Å². The molecule has 1 aromatic heterocycles. The number of thiophene rings is 1. The van der Waals surface area contributed by atoms with Crippen LogP contribution in [0.5, 0.6) is 0 Å². The van der Waals surface area contributed by atoms with Gasteiger partial charge in [-0.1, -0.05) is 13.0 Å². The van der Waals surface area contributed by atoms with E-state index in [1.165, 1.54) is 9.75 Å². The van der Waals surface area contributed by atoms with Crippen LogP contribution >= 0.6 is 11.3 Å². The lowest BCUT2D eigenvalue weighted by atomic mass is 10.1. The second-order valence-corrected chi connectivity index (χ2v) is 6.06. The quantitative estimate of drug-likeness (QED) is 0.852. The number of carbonyl (C=O) groups is 1. The van der Waals surface area contributed by atoms with E-state index in [1.807, 2.05) is 13.0 Å². The van der Waals surface area contributed by atoms with Crippen LogP contribution in [-0.2, 0) is 6.42 Å². The first-order valence-corrected chi connectivity index (χ1v) is 7.52. The number of carboxylic acids is 1. The summed E-state index contributed by atoms with van der Waals surface area (Å²) >= 11 is 1.80. The van der Waals surface area contributed by atoms with Gasteiger partial charge < -0.3 is 10.4 Å². The number of aromatic carboxylic acids is 1. The zero-order chi connectivity index (χ0) is 14.7. The van der Waals surface area contributed by atoms with Crippen molar-refractivity contribution in [3.8, 4) is 0 Å². The van der Waals surface area contributed by atoms with Gasteiger partial charge in [0.15, 0.2) is 0 Å². The number of aryl methyl sites for hydroxylation is 2. The number of carboxylic acid groups (broad SMARTS) is 1. The zero-order valence-electron chi connectivity index (χ0n) is 11.9. The number of hydrogen-bond donors (Lipinski definition) is 2. The fourth-order valence-electron chi connectivity index (χ4n) is 2.03. The highest BCUT2D eigenvalue weighted by molar-refractivity contribution is 7.12. The molecule has 3 nitrogen and oxygen atoms in total. The van der Waals surface area contributed by atoms with Gasteiger partial charge in [-0.25, -0.2) is 4.79 Å². The van der Waals surface area contributed by atoms with Crippen LogP contribution in [0.4, 0.5) is 5.69 Å². The standard InChI is InChI=1S/C16H19NO2S/c1-4-13-7-8-15(20-13)11(3)17-14-9-12(16(18)19)6-5-10(14)2/h5-9,11,17H,4H2,1-3H3,(H,18,19). The summed E-state index contributed by atoms with van der Waals surface area (Å²) in [6.07, 6.45) is 1.05. The molecule has 1 atom stereocenters. The Balaban J connectivity index is 2.20. The van der Waals surface area contributed by atoms with Crippen LogP contribution in [-0.4, -0.2) is 11.1 Å². The Labute approximate surface area is 123 Å². The molecule has 4 heteroatoms. The lowest BCUT2D eigenvalue weighted by Gasteiger charge is -2.16.